The first-order valence-electron chi connectivity index (χ1n) is 7.84. The van der Waals surface area contributed by atoms with E-state index in [4.69, 9.17) is 0 Å². The Morgan fingerprint density at radius 3 is 2.52 bits per heavy atom. The normalized spacial score (nSPS) is 17.1. The lowest BCUT2D eigenvalue weighted by molar-refractivity contribution is -0.122. The van der Waals surface area contributed by atoms with Crippen LogP contribution in [0.4, 0.5) is 0 Å². The molecule has 1 aromatic carbocycles. The number of piperidine rings is 1. The number of carbonyl (C=O) groups excluding carboxylic acids is 1. The second kappa shape index (κ2) is 7.90. The van der Waals surface area contributed by atoms with Gasteiger partial charge >= 0.3 is 0 Å². The van der Waals surface area contributed by atoms with E-state index in [2.05, 4.69) is 14.9 Å². The molecule has 1 aromatic rings. The van der Waals surface area contributed by atoms with Crippen molar-refractivity contribution in [3.8, 4) is 0 Å². The van der Waals surface area contributed by atoms with E-state index in [0.29, 0.717) is 13.1 Å². The molecule has 1 fully saturated rings. The van der Waals surface area contributed by atoms with Crippen molar-refractivity contribution < 1.29 is 13.2 Å². The maximum absolute atomic E-state index is 12.0. The molecule has 0 aromatic heterocycles. The highest BCUT2D eigenvalue weighted by molar-refractivity contribution is 7.88. The number of aryl methyl sites for hydroxylation is 1. The molecule has 0 atom stereocenters. The molecule has 0 radical (unpaired) electrons. The summed E-state index contributed by atoms with van der Waals surface area (Å²) in [6.45, 7) is 4.38. The predicted molar refractivity (Wildman–Crippen MR) is 90.5 cm³/mol. The van der Waals surface area contributed by atoms with Crippen LogP contribution in [0.3, 0.4) is 0 Å². The van der Waals surface area contributed by atoms with Gasteiger partial charge in [0.1, 0.15) is 0 Å². The Balaban J connectivity index is 1.72. The third kappa shape index (κ3) is 6.29. The average molecular weight is 339 g/mol. The van der Waals surface area contributed by atoms with Crippen molar-refractivity contribution in [2.45, 2.75) is 32.4 Å². The topological polar surface area (TPSA) is 78.5 Å². The molecular formula is C16H25N3O3S. The van der Waals surface area contributed by atoms with Gasteiger partial charge in [0.05, 0.1) is 12.8 Å². The molecule has 0 spiro atoms. The maximum atomic E-state index is 12.0. The molecule has 1 heterocycles. The van der Waals surface area contributed by atoms with Gasteiger partial charge in [0, 0.05) is 25.7 Å². The van der Waals surface area contributed by atoms with Gasteiger partial charge in [-0.3, -0.25) is 9.69 Å². The van der Waals surface area contributed by atoms with Crippen LogP contribution in [0.25, 0.3) is 0 Å². The van der Waals surface area contributed by atoms with E-state index in [-0.39, 0.29) is 11.9 Å². The number of rotatable bonds is 6. The zero-order valence-corrected chi connectivity index (χ0v) is 14.5. The van der Waals surface area contributed by atoms with Crippen LogP contribution in [0.5, 0.6) is 0 Å². The summed E-state index contributed by atoms with van der Waals surface area (Å²) in [7, 11) is -3.16. The lowest BCUT2D eigenvalue weighted by atomic mass is 10.1. The van der Waals surface area contributed by atoms with Crippen molar-refractivity contribution in [3.05, 3.63) is 35.4 Å². The Morgan fingerprint density at radius 1 is 1.26 bits per heavy atom. The van der Waals surface area contributed by atoms with Gasteiger partial charge in [-0.15, -0.1) is 0 Å². The minimum Gasteiger partial charge on any atom is -0.351 e. The Hall–Kier alpha value is -1.44. The second-order valence-corrected chi connectivity index (χ2v) is 7.92. The van der Waals surface area contributed by atoms with Crippen LogP contribution in [0, 0.1) is 6.92 Å². The van der Waals surface area contributed by atoms with E-state index < -0.39 is 10.0 Å². The number of hydrogen-bond donors (Lipinski definition) is 2. The number of amides is 1. The Labute approximate surface area is 138 Å². The first-order chi connectivity index (χ1) is 10.8. The highest BCUT2D eigenvalue weighted by atomic mass is 32.2. The number of likely N-dealkylation sites (tertiary alicyclic amines) is 1. The molecule has 1 aliphatic rings. The summed E-state index contributed by atoms with van der Waals surface area (Å²) in [6, 6.07) is 7.97. The molecule has 7 heteroatoms. The summed E-state index contributed by atoms with van der Waals surface area (Å²) in [5, 5.41) is 2.94. The highest BCUT2D eigenvalue weighted by Crippen LogP contribution is 2.11. The minimum atomic E-state index is -3.16. The third-order valence-corrected chi connectivity index (χ3v) is 4.83. The van der Waals surface area contributed by atoms with E-state index in [1.54, 1.807) is 0 Å². The smallest absolute Gasteiger partial charge is 0.234 e. The van der Waals surface area contributed by atoms with Gasteiger partial charge < -0.3 is 5.32 Å². The van der Waals surface area contributed by atoms with Crippen molar-refractivity contribution >= 4 is 15.9 Å². The summed E-state index contributed by atoms with van der Waals surface area (Å²) in [6.07, 6.45) is 2.65. The van der Waals surface area contributed by atoms with Gasteiger partial charge in [-0.2, -0.15) is 0 Å². The number of sulfonamides is 1. The van der Waals surface area contributed by atoms with Crippen LogP contribution in [0.15, 0.2) is 24.3 Å². The Morgan fingerprint density at radius 2 is 1.91 bits per heavy atom. The molecule has 23 heavy (non-hydrogen) atoms. The van der Waals surface area contributed by atoms with Crippen molar-refractivity contribution in [1.29, 1.82) is 0 Å². The van der Waals surface area contributed by atoms with Gasteiger partial charge in [-0.25, -0.2) is 13.1 Å². The van der Waals surface area contributed by atoms with Gasteiger partial charge in [0.25, 0.3) is 0 Å². The molecule has 0 aliphatic carbocycles. The molecule has 6 nitrogen and oxygen atoms in total. The average Bonchev–Trinajstić information content (AvgIpc) is 2.47. The molecule has 0 bridgehead atoms. The van der Waals surface area contributed by atoms with Gasteiger partial charge in [-0.1, -0.05) is 24.3 Å². The second-order valence-electron chi connectivity index (χ2n) is 6.14. The van der Waals surface area contributed by atoms with Crippen molar-refractivity contribution in [3.63, 3.8) is 0 Å². The lowest BCUT2D eigenvalue weighted by Crippen LogP contribution is -2.47. The molecule has 128 valence electrons. The lowest BCUT2D eigenvalue weighted by Gasteiger charge is -2.31. The molecule has 0 saturated carbocycles. The number of benzene rings is 1. The number of nitrogens with zero attached hydrogens (tertiary/aromatic N) is 1. The summed E-state index contributed by atoms with van der Waals surface area (Å²) in [4.78, 5) is 14.1. The van der Waals surface area contributed by atoms with Crippen molar-refractivity contribution in [1.82, 2.24) is 14.9 Å². The SMILES string of the molecule is Cc1ccccc1CNC(=O)CN1CCC(NS(C)(=O)=O)CC1. The maximum Gasteiger partial charge on any atom is 0.234 e. The number of nitrogens with one attached hydrogen (secondary N) is 2. The van der Waals surface area contributed by atoms with E-state index in [0.717, 1.165) is 31.5 Å². The van der Waals surface area contributed by atoms with Crippen LogP contribution < -0.4 is 10.0 Å². The molecule has 1 saturated heterocycles. The fourth-order valence-corrected chi connectivity index (χ4v) is 3.61. The van der Waals surface area contributed by atoms with Gasteiger partial charge in [0.15, 0.2) is 0 Å². The molecule has 1 amide bonds. The predicted octanol–water partition coefficient (Wildman–Crippen LogP) is 0.625. The zero-order chi connectivity index (χ0) is 16.9. The van der Waals surface area contributed by atoms with Crippen molar-refractivity contribution in [2.24, 2.45) is 0 Å². The Bertz CT molecular complexity index is 638. The zero-order valence-electron chi connectivity index (χ0n) is 13.7. The van der Waals surface area contributed by atoms with Crippen LogP contribution in [0.1, 0.15) is 24.0 Å². The summed E-state index contributed by atoms with van der Waals surface area (Å²) < 4.78 is 25.1. The summed E-state index contributed by atoms with van der Waals surface area (Å²) in [5.41, 5.74) is 2.29. The largest absolute Gasteiger partial charge is 0.351 e. The third-order valence-electron chi connectivity index (χ3n) is 4.07. The number of hydrogen-bond acceptors (Lipinski definition) is 4. The van der Waals surface area contributed by atoms with E-state index in [9.17, 15) is 13.2 Å². The van der Waals surface area contributed by atoms with Crippen LogP contribution in [0.2, 0.25) is 0 Å². The van der Waals surface area contributed by atoms with Crippen LogP contribution >= 0.6 is 0 Å². The highest BCUT2D eigenvalue weighted by Gasteiger charge is 2.22. The quantitative estimate of drug-likeness (QED) is 0.797. The first kappa shape index (κ1) is 17.9. The molecule has 2 N–H and O–H groups in total. The molecule has 2 rings (SSSR count). The van der Waals surface area contributed by atoms with Gasteiger partial charge in [-0.05, 0) is 30.9 Å². The van der Waals surface area contributed by atoms with Crippen molar-refractivity contribution in [2.75, 3.05) is 25.9 Å². The van der Waals surface area contributed by atoms with Crippen LogP contribution in [-0.4, -0.2) is 51.2 Å². The molecule has 0 unspecified atom stereocenters. The summed E-state index contributed by atoms with van der Waals surface area (Å²) in [5.74, 6) is 0.00257. The fraction of sp³-hybridized carbons (Fsp3) is 0.562. The first-order valence-corrected chi connectivity index (χ1v) is 9.73. The van der Waals surface area contributed by atoms with Gasteiger partial charge in [0.2, 0.25) is 15.9 Å². The number of carbonyl (C=O) groups is 1. The van der Waals surface area contributed by atoms with E-state index >= 15 is 0 Å². The minimum absolute atomic E-state index is 0.00257. The van der Waals surface area contributed by atoms with E-state index in [1.807, 2.05) is 31.2 Å². The van der Waals surface area contributed by atoms with E-state index in [1.165, 1.54) is 11.8 Å². The molecular weight excluding hydrogens is 314 g/mol. The summed E-state index contributed by atoms with van der Waals surface area (Å²) >= 11 is 0. The fourth-order valence-electron chi connectivity index (χ4n) is 2.77. The Kier molecular flexibility index (Phi) is 6.15. The van der Waals surface area contributed by atoms with Crippen LogP contribution in [-0.2, 0) is 21.4 Å². The monoisotopic (exact) mass is 339 g/mol. The standard InChI is InChI=1S/C16H25N3O3S/c1-13-5-3-4-6-14(13)11-17-16(20)12-19-9-7-15(8-10-19)18-23(2,21)22/h3-6,15,18H,7-12H2,1-2H3,(H,17,20). The molecule has 1 aliphatic heterocycles.